The van der Waals surface area contributed by atoms with Crippen LogP contribution in [0, 0.1) is 5.82 Å². The maximum absolute atomic E-state index is 14.9. The monoisotopic (exact) mass is 515 g/mol. The summed E-state index contributed by atoms with van der Waals surface area (Å²) in [6, 6.07) is 5.05. The van der Waals surface area contributed by atoms with Crippen LogP contribution in [0.25, 0.3) is 11.1 Å². The summed E-state index contributed by atoms with van der Waals surface area (Å²) in [5.41, 5.74) is 6.01. The second-order valence-corrected chi connectivity index (χ2v) is 11.0. The Morgan fingerprint density at radius 2 is 1.70 bits per heavy atom. The minimum atomic E-state index is -0.823. The summed E-state index contributed by atoms with van der Waals surface area (Å²) in [7, 11) is 1.27. The largest absolute Gasteiger partial charge is 0.467 e. The molecule has 37 heavy (non-hydrogen) atoms. The Morgan fingerprint density at radius 1 is 1.05 bits per heavy atom. The third kappa shape index (κ3) is 6.75. The number of likely N-dealkylation sites (tertiary alicyclic amines) is 1. The van der Waals surface area contributed by atoms with Gasteiger partial charge in [-0.3, -0.25) is 4.90 Å². The molecule has 0 saturated carbocycles. The zero-order valence-corrected chi connectivity index (χ0v) is 22.3. The molecule has 200 valence electrons. The van der Waals surface area contributed by atoms with Crippen molar-refractivity contribution >= 4 is 23.8 Å². The van der Waals surface area contributed by atoms with E-state index in [1.165, 1.54) is 24.1 Å². The molecule has 10 heteroatoms. The predicted molar refractivity (Wildman–Crippen MR) is 135 cm³/mol. The number of anilines is 1. The number of nitrogens with zero attached hydrogens (tertiary/aromatic N) is 2. The van der Waals surface area contributed by atoms with Gasteiger partial charge in [-0.15, -0.1) is 0 Å². The Labute approximate surface area is 216 Å². The number of aromatic nitrogens is 1. The van der Waals surface area contributed by atoms with Gasteiger partial charge in [0.15, 0.2) is 0 Å². The van der Waals surface area contributed by atoms with Crippen molar-refractivity contribution in [1.29, 1.82) is 0 Å². The van der Waals surface area contributed by atoms with Gasteiger partial charge in [-0.05, 0) is 77.3 Å². The lowest BCUT2D eigenvalue weighted by atomic mass is 9.94. The molecule has 0 radical (unpaired) electrons. The van der Waals surface area contributed by atoms with Crippen LogP contribution >= 0.6 is 0 Å². The number of hydrogen-bond acceptors (Lipinski definition) is 8. The summed E-state index contributed by atoms with van der Waals surface area (Å²) < 4.78 is 30.5. The van der Waals surface area contributed by atoms with Gasteiger partial charge in [-0.1, -0.05) is 6.07 Å². The number of nitrogens with two attached hydrogens (primary N) is 1. The summed E-state index contributed by atoms with van der Waals surface area (Å²) in [5, 5.41) is 0. The first-order valence-electron chi connectivity index (χ1n) is 12.0. The Hall–Kier alpha value is -3.69. The smallest absolute Gasteiger partial charge is 0.411 e. The average molecular weight is 516 g/mol. The van der Waals surface area contributed by atoms with E-state index in [-0.39, 0.29) is 23.8 Å². The molecule has 2 unspecified atom stereocenters. The zero-order valence-electron chi connectivity index (χ0n) is 22.3. The quantitative estimate of drug-likeness (QED) is 0.460. The number of rotatable bonds is 4. The van der Waals surface area contributed by atoms with Gasteiger partial charge in [-0.2, -0.15) is 0 Å². The maximum Gasteiger partial charge on any atom is 0.411 e. The van der Waals surface area contributed by atoms with Gasteiger partial charge in [0, 0.05) is 24.2 Å². The molecule has 1 saturated heterocycles. The molecule has 2 atom stereocenters. The molecule has 1 aliphatic rings. The molecule has 2 heterocycles. The fraction of sp³-hybridized carbons (Fsp3) is 0.481. The van der Waals surface area contributed by atoms with Crippen molar-refractivity contribution in [2.75, 3.05) is 19.4 Å². The molecule has 1 aromatic carbocycles. The van der Waals surface area contributed by atoms with E-state index in [0.717, 1.165) is 0 Å². The number of ether oxygens (including phenoxy) is 3. The second kappa shape index (κ2) is 10.4. The van der Waals surface area contributed by atoms with E-state index in [2.05, 4.69) is 4.98 Å². The summed E-state index contributed by atoms with van der Waals surface area (Å²) in [4.78, 5) is 43.2. The Balaban J connectivity index is 1.91. The normalized spacial score (nSPS) is 17.9. The highest BCUT2D eigenvalue weighted by atomic mass is 19.1. The Kier molecular flexibility index (Phi) is 7.80. The number of nitrogen functional groups attached to an aromatic ring is 1. The van der Waals surface area contributed by atoms with E-state index in [1.54, 1.807) is 59.9 Å². The van der Waals surface area contributed by atoms with Crippen LogP contribution in [-0.2, 0) is 19.0 Å². The maximum atomic E-state index is 14.9. The second-order valence-electron chi connectivity index (χ2n) is 11.0. The highest BCUT2D eigenvalue weighted by Gasteiger charge is 2.43. The van der Waals surface area contributed by atoms with Crippen LogP contribution in [0.4, 0.5) is 15.0 Å². The van der Waals surface area contributed by atoms with Gasteiger partial charge in [0.2, 0.25) is 0 Å². The predicted octanol–water partition coefficient (Wildman–Crippen LogP) is 4.69. The first-order valence-corrected chi connectivity index (χ1v) is 12.0. The van der Waals surface area contributed by atoms with Crippen molar-refractivity contribution in [3.63, 3.8) is 0 Å². The lowest BCUT2D eigenvalue weighted by Crippen LogP contribution is -2.43. The molecule has 1 fully saturated rings. The van der Waals surface area contributed by atoms with E-state index >= 15 is 0 Å². The number of methoxy groups -OCH3 is 1. The molecular formula is C27H34FN3O6. The van der Waals surface area contributed by atoms with Gasteiger partial charge in [0.25, 0.3) is 0 Å². The van der Waals surface area contributed by atoms with Crippen LogP contribution in [0.5, 0.6) is 0 Å². The average Bonchev–Trinajstić information content (AvgIpc) is 3.22. The standard InChI is InChI=1S/C27H34FN3O6/c1-26(2,3)36-23(32)18-9-8-15(11-20(18)28)19-10-16(13-30-22(19)29)17-12-21(24(33)35-7)31(14-17)25(34)37-27(4,5)6/h8-11,13,17,21H,12,14H2,1-7H3,(H2,29,30). The van der Waals surface area contributed by atoms with E-state index in [0.29, 0.717) is 23.1 Å². The van der Waals surface area contributed by atoms with Crippen LogP contribution in [0.3, 0.4) is 0 Å². The van der Waals surface area contributed by atoms with Crippen LogP contribution in [0.15, 0.2) is 30.5 Å². The SMILES string of the molecule is COC(=O)C1CC(c2cnc(N)c(-c3ccc(C(=O)OC(C)(C)C)c(F)c3)c2)CN1C(=O)OC(C)(C)C. The van der Waals surface area contributed by atoms with Crippen molar-refractivity contribution in [2.45, 2.75) is 71.1 Å². The summed E-state index contributed by atoms with van der Waals surface area (Å²) >= 11 is 0. The zero-order chi connectivity index (χ0) is 27.7. The van der Waals surface area contributed by atoms with Crippen molar-refractivity contribution in [3.8, 4) is 11.1 Å². The number of pyridine rings is 1. The highest BCUT2D eigenvalue weighted by molar-refractivity contribution is 5.91. The van der Waals surface area contributed by atoms with Crippen molar-refractivity contribution in [3.05, 3.63) is 47.4 Å². The molecular weight excluding hydrogens is 481 g/mol. The van der Waals surface area contributed by atoms with Crippen molar-refractivity contribution in [2.24, 2.45) is 0 Å². The number of hydrogen-bond donors (Lipinski definition) is 1. The fourth-order valence-corrected chi connectivity index (χ4v) is 4.09. The first kappa shape index (κ1) is 27.9. The Bertz CT molecular complexity index is 1200. The highest BCUT2D eigenvalue weighted by Crippen LogP contribution is 2.36. The van der Waals surface area contributed by atoms with Gasteiger partial charge in [0.05, 0.1) is 12.7 Å². The number of halogens is 1. The number of benzene rings is 1. The molecule has 3 rings (SSSR count). The van der Waals surface area contributed by atoms with Crippen molar-refractivity contribution < 1.29 is 33.0 Å². The van der Waals surface area contributed by atoms with E-state index < -0.39 is 41.1 Å². The van der Waals surface area contributed by atoms with Gasteiger partial charge < -0.3 is 19.9 Å². The molecule has 1 aliphatic heterocycles. The molecule has 0 aliphatic carbocycles. The molecule has 2 N–H and O–H groups in total. The van der Waals surface area contributed by atoms with E-state index in [4.69, 9.17) is 19.9 Å². The molecule has 0 spiro atoms. The topological polar surface area (TPSA) is 121 Å². The van der Waals surface area contributed by atoms with E-state index in [9.17, 15) is 18.8 Å². The van der Waals surface area contributed by atoms with Crippen LogP contribution in [-0.4, -0.2) is 58.8 Å². The van der Waals surface area contributed by atoms with Crippen LogP contribution < -0.4 is 5.73 Å². The van der Waals surface area contributed by atoms with Crippen LogP contribution in [0.1, 0.15) is 69.8 Å². The Morgan fingerprint density at radius 3 is 2.27 bits per heavy atom. The summed E-state index contributed by atoms with van der Waals surface area (Å²) in [6.45, 7) is 10.5. The summed E-state index contributed by atoms with van der Waals surface area (Å²) in [5.74, 6) is -2.16. The molecule has 1 amide bonds. The molecule has 1 aromatic heterocycles. The van der Waals surface area contributed by atoms with Gasteiger partial charge >= 0.3 is 18.0 Å². The minimum Gasteiger partial charge on any atom is -0.467 e. The number of amides is 1. The number of carbonyl (C=O) groups excluding carboxylic acids is 3. The minimum absolute atomic E-state index is 0.166. The van der Waals surface area contributed by atoms with Crippen LogP contribution in [0.2, 0.25) is 0 Å². The van der Waals surface area contributed by atoms with Gasteiger partial charge in [0.1, 0.15) is 28.9 Å². The summed E-state index contributed by atoms with van der Waals surface area (Å²) in [6.07, 6.45) is 1.25. The molecule has 0 bridgehead atoms. The third-order valence-electron chi connectivity index (χ3n) is 5.71. The molecule has 2 aromatic rings. The van der Waals surface area contributed by atoms with E-state index in [1.807, 2.05) is 0 Å². The lowest BCUT2D eigenvalue weighted by Gasteiger charge is -2.27. The van der Waals surface area contributed by atoms with Crippen molar-refractivity contribution in [1.82, 2.24) is 9.88 Å². The number of carbonyl (C=O) groups is 3. The number of esters is 2. The lowest BCUT2D eigenvalue weighted by molar-refractivity contribution is -0.145. The van der Waals surface area contributed by atoms with Gasteiger partial charge in [-0.25, -0.2) is 23.8 Å². The molecule has 9 nitrogen and oxygen atoms in total. The fourth-order valence-electron chi connectivity index (χ4n) is 4.09. The first-order chi connectivity index (χ1) is 17.1. The third-order valence-corrected chi connectivity index (χ3v) is 5.71.